The van der Waals surface area contributed by atoms with E-state index in [1.54, 1.807) is 4.90 Å². The zero-order valence-corrected chi connectivity index (χ0v) is 10.5. The van der Waals surface area contributed by atoms with Crippen molar-refractivity contribution >= 4 is 5.91 Å². The van der Waals surface area contributed by atoms with Crippen molar-refractivity contribution in [3.8, 4) is 11.5 Å². The van der Waals surface area contributed by atoms with Crippen LogP contribution < -0.4 is 0 Å². The zero-order chi connectivity index (χ0) is 13.0. The van der Waals surface area contributed by atoms with Crippen molar-refractivity contribution in [2.75, 3.05) is 6.54 Å². The predicted octanol–water partition coefficient (Wildman–Crippen LogP) is 2.36. The monoisotopic (exact) mass is 237 g/mol. The van der Waals surface area contributed by atoms with Crippen molar-refractivity contribution in [1.29, 1.82) is 0 Å². The minimum atomic E-state index is -0.209. The molecular formula is C13H19NO3. The summed E-state index contributed by atoms with van der Waals surface area (Å²) in [5.41, 5.74) is 0.227. The third-order valence-electron chi connectivity index (χ3n) is 2.94. The van der Waals surface area contributed by atoms with Gasteiger partial charge in [-0.15, -0.1) is 0 Å². The van der Waals surface area contributed by atoms with Crippen molar-refractivity contribution in [2.45, 2.75) is 33.2 Å². The molecule has 0 aliphatic heterocycles. The van der Waals surface area contributed by atoms with Gasteiger partial charge in [0.2, 0.25) is 0 Å². The summed E-state index contributed by atoms with van der Waals surface area (Å²) in [5, 5.41) is 18.8. The molecule has 2 N–H and O–H groups in total. The van der Waals surface area contributed by atoms with Crippen molar-refractivity contribution in [1.82, 2.24) is 4.90 Å². The average molecular weight is 237 g/mol. The van der Waals surface area contributed by atoms with E-state index < -0.39 is 0 Å². The summed E-state index contributed by atoms with van der Waals surface area (Å²) in [4.78, 5) is 13.9. The Balaban J connectivity index is 3.02. The van der Waals surface area contributed by atoms with Crippen LogP contribution in [0, 0.1) is 0 Å². The summed E-state index contributed by atoms with van der Waals surface area (Å²) in [6.45, 7) is 6.48. The highest BCUT2D eigenvalue weighted by atomic mass is 16.3. The highest BCUT2D eigenvalue weighted by molar-refractivity contribution is 5.97. The summed E-state index contributed by atoms with van der Waals surface area (Å²) >= 11 is 0. The van der Waals surface area contributed by atoms with Crippen LogP contribution in [0.1, 0.15) is 37.6 Å². The number of carbonyl (C=O) groups excluding carboxylic acids is 1. The molecule has 0 fully saturated rings. The van der Waals surface area contributed by atoms with Gasteiger partial charge in [-0.1, -0.05) is 6.92 Å². The molecule has 0 heterocycles. The second-order valence-electron chi connectivity index (χ2n) is 4.05. The molecule has 1 atom stereocenters. The molecule has 1 rings (SSSR count). The van der Waals surface area contributed by atoms with E-state index in [1.807, 2.05) is 20.8 Å². The minimum absolute atomic E-state index is 0.0503. The second kappa shape index (κ2) is 5.57. The molecule has 1 aromatic rings. The maximum Gasteiger partial charge on any atom is 0.257 e. The van der Waals surface area contributed by atoms with Crippen molar-refractivity contribution in [2.24, 2.45) is 0 Å². The van der Waals surface area contributed by atoms with Gasteiger partial charge in [-0.2, -0.15) is 0 Å². The van der Waals surface area contributed by atoms with Crippen molar-refractivity contribution in [3.63, 3.8) is 0 Å². The van der Waals surface area contributed by atoms with E-state index in [0.29, 0.717) is 6.54 Å². The van der Waals surface area contributed by atoms with Crippen LogP contribution >= 0.6 is 0 Å². The molecule has 0 saturated heterocycles. The first-order chi connectivity index (χ1) is 8.01. The van der Waals surface area contributed by atoms with Crippen LogP contribution in [0.4, 0.5) is 0 Å². The summed E-state index contributed by atoms with van der Waals surface area (Å²) in [6, 6.07) is 4.15. The molecule has 0 aromatic heterocycles. The van der Waals surface area contributed by atoms with Gasteiger partial charge >= 0.3 is 0 Å². The van der Waals surface area contributed by atoms with Crippen LogP contribution in [0.5, 0.6) is 11.5 Å². The molecule has 4 nitrogen and oxygen atoms in total. The number of carbonyl (C=O) groups is 1. The Labute approximate surface area is 101 Å². The maximum atomic E-state index is 12.2. The molecule has 1 amide bonds. The van der Waals surface area contributed by atoms with Gasteiger partial charge in [0.1, 0.15) is 11.5 Å². The number of aromatic hydroxyl groups is 2. The summed E-state index contributed by atoms with van der Waals surface area (Å²) in [5.74, 6) is -0.443. The Hall–Kier alpha value is -1.71. The zero-order valence-electron chi connectivity index (χ0n) is 10.5. The maximum absolute atomic E-state index is 12.2. The Morgan fingerprint density at radius 2 is 2.00 bits per heavy atom. The first-order valence-corrected chi connectivity index (χ1v) is 5.84. The molecule has 0 radical (unpaired) electrons. The molecule has 0 aliphatic carbocycles. The first-order valence-electron chi connectivity index (χ1n) is 5.84. The van der Waals surface area contributed by atoms with Crippen LogP contribution in [0.25, 0.3) is 0 Å². The summed E-state index contributed by atoms with van der Waals surface area (Å²) in [7, 11) is 0. The van der Waals surface area contributed by atoms with Crippen LogP contribution in [-0.2, 0) is 0 Å². The number of nitrogens with zero attached hydrogens (tertiary/aromatic N) is 1. The summed E-state index contributed by atoms with van der Waals surface area (Å²) < 4.78 is 0. The van der Waals surface area contributed by atoms with Gasteiger partial charge in [-0.25, -0.2) is 0 Å². The number of amides is 1. The smallest absolute Gasteiger partial charge is 0.257 e. The molecular weight excluding hydrogens is 218 g/mol. The number of hydrogen-bond acceptors (Lipinski definition) is 3. The third-order valence-corrected chi connectivity index (χ3v) is 2.94. The van der Waals surface area contributed by atoms with E-state index in [1.165, 1.54) is 18.2 Å². The third kappa shape index (κ3) is 2.90. The number of phenols is 2. The highest BCUT2D eigenvalue weighted by Crippen LogP contribution is 2.24. The fourth-order valence-electron chi connectivity index (χ4n) is 1.73. The molecule has 0 aliphatic rings. The van der Waals surface area contributed by atoms with Gasteiger partial charge in [0, 0.05) is 18.7 Å². The van der Waals surface area contributed by atoms with Crippen molar-refractivity contribution < 1.29 is 15.0 Å². The lowest BCUT2D eigenvalue weighted by molar-refractivity contribution is 0.0697. The summed E-state index contributed by atoms with van der Waals surface area (Å²) in [6.07, 6.45) is 0.860. The Morgan fingerprint density at radius 1 is 1.35 bits per heavy atom. The van der Waals surface area contributed by atoms with Gasteiger partial charge in [0.05, 0.1) is 5.56 Å². The number of hydrogen-bond donors (Lipinski definition) is 2. The van der Waals surface area contributed by atoms with Gasteiger partial charge < -0.3 is 15.1 Å². The largest absolute Gasteiger partial charge is 0.508 e. The molecule has 1 aromatic carbocycles. The van der Waals surface area contributed by atoms with Crippen LogP contribution in [-0.4, -0.2) is 33.6 Å². The number of phenolic OH excluding ortho intramolecular Hbond substituents is 2. The van der Waals surface area contributed by atoms with Gasteiger partial charge in [-0.3, -0.25) is 4.79 Å². The van der Waals surface area contributed by atoms with Crippen LogP contribution in [0.2, 0.25) is 0 Å². The molecule has 0 bridgehead atoms. The van der Waals surface area contributed by atoms with E-state index in [9.17, 15) is 15.0 Å². The van der Waals surface area contributed by atoms with E-state index in [2.05, 4.69) is 0 Å². The normalized spacial score (nSPS) is 12.2. The molecule has 4 heteroatoms. The van der Waals surface area contributed by atoms with Crippen molar-refractivity contribution in [3.05, 3.63) is 23.8 Å². The second-order valence-corrected chi connectivity index (χ2v) is 4.05. The lowest BCUT2D eigenvalue weighted by atomic mass is 10.1. The van der Waals surface area contributed by atoms with Gasteiger partial charge in [0.15, 0.2) is 0 Å². The quantitative estimate of drug-likeness (QED) is 0.845. The fraction of sp³-hybridized carbons (Fsp3) is 0.462. The minimum Gasteiger partial charge on any atom is -0.508 e. The van der Waals surface area contributed by atoms with Crippen LogP contribution in [0.15, 0.2) is 18.2 Å². The Bertz CT molecular complexity index is 404. The first kappa shape index (κ1) is 13.4. The van der Waals surface area contributed by atoms with E-state index >= 15 is 0 Å². The molecule has 0 saturated carbocycles. The van der Waals surface area contributed by atoms with E-state index in [4.69, 9.17) is 0 Å². The van der Waals surface area contributed by atoms with E-state index in [-0.39, 0.29) is 29.0 Å². The fourth-order valence-corrected chi connectivity index (χ4v) is 1.73. The lowest BCUT2D eigenvalue weighted by Crippen LogP contribution is -2.38. The Morgan fingerprint density at radius 3 is 2.47 bits per heavy atom. The lowest BCUT2D eigenvalue weighted by Gasteiger charge is -2.27. The number of benzene rings is 1. The Kier molecular flexibility index (Phi) is 4.37. The predicted molar refractivity (Wildman–Crippen MR) is 66.2 cm³/mol. The number of rotatable bonds is 4. The average Bonchev–Trinajstić information content (AvgIpc) is 2.29. The van der Waals surface area contributed by atoms with Crippen LogP contribution in [0.3, 0.4) is 0 Å². The van der Waals surface area contributed by atoms with Gasteiger partial charge in [0.25, 0.3) is 5.91 Å². The molecule has 17 heavy (non-hydrogen) atoms. The SMILES string of the molecule is CCC(C)N(CC)C(=O)c1ccc(O)cc1O. The standard InChI is InChI=1S/C13H19NO3/c1-4-9(3)14(5-2)13(17)11-7-6-10(15)8-12(11)16/h6-9,15-16H,4-5H2,1-3H3. The molecule has 94 valence electrons. The highest BCUT2D eigenvalue weighted by Gasteiger charge is 2.21. The topological polar surface area (TPSA) is 60.8 Å². The molecule has 1 unspecified atom stereocenters. The molecule has 0 spiro atoms. The van der Waals surface area contributed by atoms with E-state index in [0.717, 1.165) is 6.42 Å². The van der Waals surface area contributed by atoms with Gasteiger partial charge in [-0.05, 0) is 32.4 Å².